The number of hydrogen-bond acceptors (Lipinski definition) is 2. The van der Waals surface area contributed by atoms with Gasteiger partial charge in [-0.15, -0.1) is 0 Å². The first-order valence-corrected chi connectivity index (χ1v) is 7.07. The van der Waals surface area contributed by atoms with Gasteiger partial charge in [-0.1, -0.05) is 20.8 Å². The van der Waals surface area contributed by atoms with E-state index in [0.717, 1.165) is 17.3 Å². The predicted molar refractivity (Wildman–Crippen MR) is 76.3 cm³/mol. The average Bonchev–Trinajstić information content (AvgIpc) is 2.78. The summed E-state index contributed by atoms with van der Waals surface area (Å²) in [4.78, 5) is 0. The van der Waals surface area contributed by atoms with Gasteiger partial charge in [0.1, 0.15) is 6.07 Å². The van der Waals surface area contributed by atoms with E-state index in [1.54, 1.807) is 0 Å². The third kappa shape index (κ3) is 1.74. The Morgan fingerprint density at radius 3 is 2.95 bits per heavy atom. The molecule has 0 aliphatic heterocycles. The Hall–Kier alpha value is -1.82. The number of H-pyrrole nitrogens is 1. The Morgan fingerprint density at radius 2 is 2.26 bits per heavy atom. The van der Waals surface area contributed by atoms with Gasteiger partial charge in [0, 0.05) is 5.39 Å². The van der Waals surface area contributed by atoms with Gasteiger partial charge in [0.15, 0.2) is 5.69 Å². The van der Waals surface area contributed by atoms with Crippen molar-refractivity contribution in [3.05, 3.63) is 28.5 Å². The van der Waals surface area contributed by atoms with E-state index >= 15 is 0 Å². The minimum Gasteiger partial charge on any atom is -0.276 e. The Kier molecular flexibility index (Phi) is 2.82. The van der Waals surface area contributed by atoms with E-state index in [-0.39, 0.29) is 0 Å². The second-order valence-corrected chi connectivity index (χ2v) is 5.92. The molecule has 1 atom stereocenters. The van der Waals surface area contributed by atoms with Gasteiger partial charge in [-0.3, -0.25) is 5.10 Å². The summed E-state index contributed by atoms with van der Waals surface area (Å²) in [5, 5.41) is 17.5. The second-order valence-electron chi connectivity index (χ2n) is 5.92. The van der Waals surface area contributed by atoms with Crippen LogP contribution in [-0.4, -0.2) is 10.2 Å². The van der Waals surface area contributed by atoms with E-state index in [4.69, 9.17) is 0 Å². The summed E-state index contributed by atoms with van der Waals surface area (Å²) in [5.74, 6) is 1.01. The van der Waals surface area contributed by atoms with Crippen LogP contribution in [0.2, 0.25) is 0 Å². The van der Waals surface area contributed by atoms with Gasteiger partial charge in [0.2, 0.25) is 0 Å². The summed E-state index contributed by atoms with van der Waals surface area (Å²) in [6, 6.07) is 4.43. The Labute approximate surface area is 113 Å². The number of benzene rings is 1. The third-order valence-corrected chi connectivity index (χ3v) is 4.28. The summed E-state index contributed by atoms with van der Waals surface area (Å²) in [7, 11) is 0. The number of hydrogen-bond donors (Lipinski definition) is 1. The molecule has 0 unspecified atom stereocenters. The van der Waals surface area contributed by atoms with Crippen molar-refractivity contribution < 1.29 is 0 Å². The van der Waals surface area contributed by atoms with Crippen LogP contribution in [0.15, 0.2) is 6.07 Å². The SMILES string of the molecule is CC(C)c1c2c(cc3[nH]nc(C#N)c13)CCC[C@H]2C. The fourth-order valence-electron chi connectivity index (χ4n) is 3.50. The van der Waals surface area contributed by atoms with E-state index in [1.807, 2.05) is 0 Å². The molecule has 98 valence electrons. The number of nitriles is 1. The lowest BCUT2D eigenvalue weighted by Gasteiger charge is -2.27. The smallest absolute Gasteiger partial charge is 0.170 e. The van der Waals surface area contributed by atoms with Crippen molar-refractivity contribution in [2.24, 2.45) is 0 Å². The lowest BCUT2D eigenvalue weighted by Crippen LogP contribution is -2.12. The van der Waals surface area contributed by atoms with Gasteiger partial charge >= 0.3 is 0 Å². The predicted octanol–water partition coefficient (Wildman–Crippen LogP) is 4.00. The molecule has 1 N–H and O–H groups in total. The first kappa shape index (κ1) is 12.2. The van der Waals surface area contributed by atoms with Crippen molar-refractivity contribution in [1.82, 2.24) is 10.2 Å². The van der Waals surface area contributed by atoms with E-state index in [2.05, 4.69) is 43.1 Å². The van der Waals surface area contributed by atoms with Crippen molar-refractivity contribution in [2.75, 3.05) is 0 Å². The van der Waals surface area contributed by atoms with E-state index in [1.165, 1.54) is 29.5 Å². The molecule has 0 fully saturated rings. The van der Waals surface area contributed by atoms with Gasteiger partial charge < -0.3 is 0 Å². The number of nitrogens with one attached hydrogen (secondary N) is 1. The quantitative estimate of drug-likeness (QED) is 0.835. The largest absolute Gasteiger partial charge is 0.276 e. The van der Waals surface area contributed by atoms with Crippen molar-refractivity contribution in [3.63, 3.8) is 0 Å². The van der Waals surface area contributed by atoms with E-state index in [0.29, 0.717) is 17.5 Å². The lowest BCUT2D eigenvalue weighted by molar-refractivity contribution is 0.582. The summed E-state index contributed by atoms with van der Waals surface area (Å²) in [6.07, 6.45) is 3.66. The highest BCUT2D eigenvalue weighted by molar-refractivity contribution is 5.89. The normalized spacial score (nSPS) is 18.6. The van der Waals surface area contributed by atoms with Crippen molar-refractivity contribution >= 4 is 10.9 Å². The van der Waals surface area contributed by atoms with Gasteiger partial charge in [0.05, 0.1) is 5.52 Å². The molecule has 3 rings (SSSR count). The molecule has 19 heavy (non-hydrogen) atoms. The van der Waals surface area contributed by atoms with Crippen molar-refractivity contribution in [1.29, 1.82) is 5.26 Å². The van der Waals surface area contributed by atoms with Crippen LogP contribution in [0.4, 0.5) is 0 Å². The zero-order chi connectivity index (χ0) is 13.6. The number of rotatable bonds is 1. The molecule has 1 heterocycles. The molecule has 2 aromatic rings. The molecule has 1 aliphatic carbocycles. The third-order valence-electron chi connectivity index (χ3n) is 4.28. The molecule has 3 nitrogen and oxygen atoms in total. The maximum atomic E-state index is 9.27. The standard InChI is InChI=1S/C16H19N3/c1-9(2)14-15-10(3)5-4-6-11(15)7-12-16(14)13(8-17)19-18-12/h7,9-10H,4-6H2,1-3H3,(H,18,19)/t10-/m1/s1. The zero-order valence-electron chi connectivity index (χ0n) is 11.7. The van der Waals surface area contributed by atoms with Gasteiger partial charge in [-0.25, -0.2) is 0 Å². The molecule has 0 saturated carbocycles. The highest BCUT2D eigenvalue weighted by atomic mass is 15.1. The fraction of sp³-hybridized carbons (Fsp3) is 0.500. The number of aryl methyl sites for hydroxylation is 1. The number of fused-ring (bicyclic) bond motifs is 2. The first-order valence-electron chi connectivity index (χ1n) is 7.07. The summed E-state index contributed by atoms with van der Waals surface area (Å²) in [6.45, 7) is 6.73. The Balaban J connectivity index is 2.43. The topological polar surface area (TPSA) is 52.5 Å². The molecular weight excluding hydrogens is 234 g/mol. The lowest BCUT2D eigenvalue weighted by atomic mass is 9.77. The summed E-state index contributed by atoms with van der Waals surface area (Å²) in [5.41, 5.74) is 5.83. The van der Waals surface area contributed by atoms with Crippen LogP contribution in [0.1, 0.15) is 67.8 Å². The van der Waals surface area contributed by atoms with Gasteiger partial charge in [-0.05, 0) is 53.9 Å². The highest BCUT2D eigenvalue weighted by Gasteiger charge is 2.25. The van der Waals surface area contributed by atoms with E-state index in [9.17, 15) is 5.26 Å². The number of nitrogens with zero attached hydrogens (tertiary/aromatic N) is 2. The van der Waals surface area contributed by atoms with Crippen LogP contribution in [-0.2, 0) is 6.42 Å². The highest BCUT2D eigenvalue weighted by Crippen LogP contribution is 2.41. The monoisotopic (exact) mass is 253 g/mol. The van der Waals surface area contributed by atoms with Gasteiger partial charge in [0.25, 0.3) is 0 Å². The summed E-state index contributed by atoms with van der Waals surface area (Å²) >= 11 is 0. The van der Waals surface area contributed by atoms with Crippen LogP contribution in [0.25, 0.3) is 10.9 Å². The van der Waals surface area contributed by atoms with Crippen molar-refractivity contribution in [3.8, 4) is 6.07 Å². The maximum absolute atomic E-state index is 9.27. The van der Waals surface area contributed by atoms with Crippen molar-refractivity contribution in [2.45, 2.75) is 51.9 Å². The van der Waals surface area contributed by atoms with Crippen LogP contribution < -0.4 is 0 Å². The fourth-order valence-corrected chi connectivity index (χ4v) is 3.50. The zero-order valence-corrected chi connectivity index (χ0v) is 11.7. The minimum atomic E-state index is 0.419. The second kappa shape index (κ2) is 4.38. The molecule has 0 bridgehead atoms. The molecular formula is C16H19N3. The molecule has 0 saturated heterocycles. The minimum absolute atomic E-state index is 0.419. The molecule has 0 amide bonds. The Morgan fingerprint density at radius 1 is 1.47 bits per heavy atom. The van der Waals surface area contributed by atoms with Crippen LogP contribution in [0, 0.1) is 11.3 Å². The molecule has 0 spiro atoms. The van der Waals surface area contributed by atoms with Crippen LogP contribution >= 0.6 is 0 Å². The Bertz CT molecular complexity index is 673. The number of aromatic nitrogens is 2. The van der Waals surface area contributed by atoms with Crippen LogP contribution in [0.5, 0.6) is 0 Å². The molecule has 3 heteroatoms. The molecule has 1 aromatic heterocycles. The number of aromatic amines is 1. The molecule has 1 aromatic carbocycles. The molecule has 1 aliphatic rings. The maximum Gasteiger partial charge on any atom is 0.170 e. The van der Waals surface area contributed by atoms with Gasteiger partial charge in [-0.2, -0.15) is 10.4 Å². The summed E-state index contributed by atoms with van der Waals surface area (Å²) < 4.78 is 0. The molecule has 0 radical (unpaired) electrons. The van der Waals surface area contributed by atoms with Crippen LogP contribution in [0.3, 0.4) is 0 Å². The first-order chi connectivity index (χ1) is 9.13. The average molecular weight is 253 g/mol. The van der Waals surface area contributed by atoms with E-state index < -0.39 is 0 Å².